The first-order valence-electron chi connectivity index (χ1n) is 4.45. The van der Waals surface area contributed by atoms with Gasteiger partial charge in [0.2, 0.25) is 0 Å². The second-order valence-electron chi connectivity index (χ2n) is 3.26. The molecule has 2 heterocycles. The monoisotopic (exact) mass is 289 g/mol. The molecule has 18 heavy (non-hydrogen) atoms. The van der Waals surface area contributed by atoms with Gasteiger partial charge in [-0.15, -0.1) is 0 Å². The molecule has 0 aliphatic heterocycles. The number of hydrogen-bond acceptors (Lipinski definition) is 4. The molecular weight excluding hydrogens is 282 g/mol. The van der Waals surface area contributed by atoms with E-state index in [4.69, 9.17) is 21.4 Å². The van der Waals surface area contributed by atoms with E-state index in [-0.39, 0.29) is 0 Å². The van der Waals surface area contributed by atoms with Gasteiger partial charge in [-0.2, -0.15) is 13.7 Å². The maximum Gasteiger partial charge on any atom is 0.292 e. The number of rotatable bonds is 0. The second-order valence-corrected chi connectivity index (χ2v) is 5.13. The summed E-state index contributed by atoms with van der Waals surface area (Å²) < 4.78 is 26.5. The van der Waals surface area contributed by atoms with Gasteiger partial charge < -0.3 is 5.21 Å². The number of hydrogen-bond donors (Lipinski definition) is 2. The molecule has 2 aromatic heterocycles. The van der Waals surface area contributed by atoms with Crippen LogP contribution in [-0.4, -0.2) is 24.2 Å². The Morgan fingerprint density at radius 3 is 2.67 bits per heavy atom. The Labute approximate surface area is 108 Å². The summed E-state index contributed by atoms with van der Waals surface area (Å²) in [5.41, 5.74) is 0.689. The highest BCUT2D eigenvalue weighted by molar-refractivity contribution is 7.85. The van der Waals surface area contributed by atoms with E-state index in [1.54, 1.807) is 0 Å². The topological polar surface area (TPSA) is 121 Å². The standard InChI is InChI=1S/C8H4ClN3O.CH4O3S/c9-6-1-2-12(13)8-7(6)5(3-10)4-11-8;1-5(2,3)4/h1-2,4,11H;1H3,(H,2,3,4). The summed E-state index contributed by atoms with van der Waals surface area (Å²) in [6, 6.07) is 3.41. The van der Waals surface area contributed by atoms with Gasteiger partial charge in [0.25, 0.3) is 15.8 Å². The number of nitriles is 1. The third-order valence-electron chi connectivity index (χ3n) is 1.80. The summed E-state index contributed by atoms with van der Waals surface area (Å²) in [7, 11) is -3.67. The lowest BCUT2D eigenvalue weighted by molar-refractivity contribution is -0.579. The molecule has 0 saturated carbocycles. The van der Waals surface area contributed by atoms with E-state index in [9.17, 15) is 13.6 Å². The van der Waals surface area contributed by atoms with Crippen LogP contribution in [-0.2, 0) is 10.1 Å². The van der Waals surface area contributed by atoms with Crippen molar-refractivity contribution in [3.63, 3.8) is 0 Å². The van der Waals surface area contributed by atoms with Crippen molar-refractivity contribution >= 4 is 32.8 Å². The third-order valence-corrected chi connectivity index (χ3v) is 2.11. The van der Waals surface area contributed by atoms with Gasteiger partial charge in [0.15, 0.2) is 0 Å². The van der Waals surface area contributed by atoms with Gasteiger partial charge in [0, 0.05) is 0 Å². The van der Waals surface area contributed by atoms with Crippen molar-refractivity contribution in [3.8, 4) is 6.07 Å². The quantitative estimate of drug-likeness (QED) is 0.423. The van der Waals surface area contributed by atoms with Crippen molar-refractivity contribution in [2.75, 3.05) is 6.26 Å². The Morgan fingerprint density at radius 1 is 1.61 bits per heavy atom. The van der Waals surface area contributed by atoms with E-state index in [0.29, 0.717) is 32.6 Å². The second kappa shape index (κ2) is 5.22. The predicted molar refractivity (Wildman–Crippen MR) is 64.5 cm³/mol. The zero-order valence-electron chi connectivity index (χ0n) is 9.08. The maximum absolute atomic E-state index is 11.2. The Balaban J connectivity index is 0.000000280. The first-order chi connectivity index (χ1) is 8.24. The van der Waals surface area contributed by atoms with E-state index in [2.05, 4.69) is 4.98 Å². The van der Waals surface area contributed by atoms with Crippen molar-refractivity contribution in [1.82, 2.24) is 4.98 Å². The molecule has 2 aromatic rings. The lowest BCUT2D eigenvalue weighted by Crippen LogP contribution is -2.26. The number of nitrogens with zero attached hydrogens (tertiary/aromatic N) is 2. The minimum Gasteiger partial charge on any atom is -0.711 e. The molecule has 0 radical (unpaired) electrons. The van der Waals surface area contributed by atoms with Crippen LogP contribution in [0.25, 0.3) is 11.0 Å². The normalized spacial score (nSPS) is 10.6. The number of H-pyrrole nitrogens is 1. The third kappa shape index (κ3) is 3.59. The molecule has 2 N–H and O–H groups in total. The molecule has 0 aliphatic carbocycles. The van der Waals surface area contributed by atoms with Crippen LogP contribution in [0.1, 0.15) is 5.56 Å². The van der Waals surface area contributed by atoms with Crippen LogP contribution in [0.5, 0.6) is 0 Å². The van der Waals surface area contributed by atoms with Crippen LogP contribution in [0.3, 0.4) is 0 Å². The molecular formula is C9H8ClN3O4S. The molecule has 0 aliphatic rings. The van der Waals surface area contributed by atoms with E-state index in [0.717, 1.165) is 0 Å². The fraction of sp³-hybridized carbons (Fsp3) is 0.111. The summed E-state index contributed by atoms with van der Waals surface area (Å²) in [5, 5.41) is 20.8. The minimum atomic E-state index is -3.67. The summed E-state index contributed by atoms with van der Waals surface area (Å²) in [4.78, 5) is 2.69. The Bertz CT molecular complexity index is 709. The van der Waals surface area contributed by atoms with Crippen LogP contribution < -0.4 is 4.73 Å². The molecule has 0 amide bonds. The summed E-state index contributed by atoms with van der Waals surface area (Å²) in [6.07, 6.45) is 3.47. The lowest BCUT2D eigenvalue weighted by Gasteiger charge is -2.01. The highest BCUT2D eigenvalue weighted by Gasteiger charge is 2.13. The number of fused-ring (bicyclic) bond motifs is 1. The number of nitrogens with one attached hydrogen (secondary N) is 1. The van der Waals surface area contributed by atoms with Crippen molar-refractivity contribution in [2.24, 2.45) is 0 Å². The van der Waals surface area contributed by atoms with Gasteiger partial charge >= 0.3 is 0 Å². The number of aromatic amines is 1. The molecule has 0 saturated heterocycles. The maximum atomic E-state index is 11.2. The van der Waals surface area contributed by atoms with Gasteiger partial charge in [0.1, 0.15) is 23.2 Å². The average molecular weight is 290 g/mol. The number of aromatic nitrogens is 2. The summed E-state index contributed by atoms with van der Waals surface area (Å²) >= 11 is 5.83. The van der Waals surface area contributed by atoms with Gasteiger partial charge in [-0.3, -0.25) is 4.55 Å². The van der Waals surface area contributed by atoms with Crippen LogP contribution in [0.2, 0.25) is 5.02 Å². The highest BCUT2D eigenvalue weighted by atomic mass is 35.5. The van der Waals surface area contributed by atoms with Crippen molar-refractivity contribution in [3.05, 3.63) is 34.3 Å². The predicted octanol–water partition coefficient (Wildman–Crippen LogP) is 0.830. The molecule has 0 aromatic carbocycles. The van der Waals surface area contributed by atoms with Crippen molar-refractivity contribution in [2.45, 2.75) is 0 Å². The molecule has 0 fully saturated rings. The van der Waals surface area contributed by atoms with Gasteiger partial charge in [0.05, 0.1) is 17.5 Å². The number of halogens is 1. The molecule has 7 nitrogen and oxygen atoms in total. The SMILES string of the molecule is CS(=O)(=O)O.N#Cc1c[nH]c2c1c(Cl)cc[n+]2[O-]. The average Bonchev–Trinajstić information content (AvgIpc) is 2.66. The molecule has 96 valence electrons. The molecule has 0 bridgehead atoms. The fourth-order valence-corrected chi connectivity index (χ4v) is 1.45. The zero-order chi connectivity index (χ0) is 13.9. The van der Waals surface area contributed by atoms with Gasteiger partial charge in [-0.05, 0) is 6.07 Å². The van der Waals surface area contributed by atoms with E-state index in [1.807, 2.05) is 6.07 Å². The van der Waals surface area contributed by atoms with Gasteiger partial charge in [-0.25, -0.2) is 9.71 Å². The highest BCUT2D eigenvalue weighted by Crippen LogP contribution is 2.22. The van der Waals surface area contributed by atoms with Crippen molar-refractivity contribution < 1.29 is 17.7 Å². The van der Waals surface area contributed by atoms with E-state index >= 15 is 0 Å². The molecule has 0 atom stereocenters. The van der Waals surface area contributed by atoms with Crippen LogP contribution in [0.4, 0.5) is 0 Å². The molecule has 0 spiro atoms. The molecule has 2 rings (SSSR count). The Morgan fingerprint density at radius 2 is 2.17 bits per heavy atom. The first kappa shape index (κ1) is 14.2. The van der Waals surface area contributed by atoms with Gasteiger partial charge in [-0.1, -0.05) is 11.6 Å². The summed E-state index contributed by atoms with van der Waals surface area (Å²) in [6.45, 7) is 0. The Kier molecular flexibility index (Phi) is 4.13. The van der Waals surface area contributed by atoms with Crippen LogP contribution in [0, 0.1) is 16.5 Å². The van der Waals surface area contributed by atoms with E-state index in [1.165, 1.54) is 18.5 Å². The van der Waals surface area contributed by atoms with Crippen molar-refractivity contribution in [1.29, 1.82) is 5.26 Å². The van der Waals surface area contributed by atoms with Crippen LogP contribution >= 0.6 is 11.6 Å². The first-order valence-corrected chi connectivity index (χ1v) is 6.68. The molecule has 9 heteroatoms. The lowest BCUT2D eigenvalue weighted by atomic mass is 10.2. The number of pyridine rings is 1. The van der Waals surface area contributed by atoms with Crippen LogP contribution in [0.15, 0.2) is 18.5 Å². The summed E-state index contributed by atoms with van der Waals surface area (Å²) in [5.74, 6) is 0. The minimum absolute atomic E-state index is 0.309. The molecule has 0 unspecified atom stereocenters. The smallest absolute Gasteiger partial charge is 0.292 e. The van der Waals surface area contributed by atoms with E-state index < -0.39 is 10.1 Å². The largest absolute Gasteiger partial charge is 0.711 e. The Hall–Kier alpha value is -1.82. The zero-order valence-corrected chi connectivity index (χ0v) is 10.7. The fourth-order valence-electron chi connectivity index (χ4n) is 1.21.